The molecule has 2 aromatic carbocycles. The maximum atomic E-state index is 13.3. The van der Waals surface area contributed by atoms with Gasteiger partial charge in [0.25, 0.3) is 0 Å². The lowest BCUT2D eigenvalue weighted by Crippen LogP contribution is -2.44. The minimum absolute atomic E-state index is 0.102. The molecule has 5 nitrogen and oxygen atoms in total. The fourth-order valence-corrected chi connectivity index (χ4v) is 4.18. The van der Waals surface area contributed by atoms with E-state index in [0.29, 0.717) is 18.8 Å². The second-order valence-electron chi connectivity index (χ2n) is 7.87. The third-order valence-electron chi connectivity index (χ3n) is 5.21. The van der Waals surface area contributed by atoms with Gasteiger partial charge in [0.1, 0.15) is 12.4 Å². The van der Waals surface area contributed by atoms with Crippen molar-refractivity contribution in [3.8, 4) is 0 Å². The summed E-state index contributed by atoms with van der Waals surface area (Å²) in [6, 6.07) is 15.2. The summed E-state index contributed by atoms with van der Waals surface area (Å²) in [5.74, 6) is -0.524. The second kappa shape index (κ2) is 11.4. The smallest absolute Gasteiger partial charge is 0.322 e. The topological polar surface area (TPSA) is 52.7 Å². The van der Waals surface area contributed by atoms with E-state index < -0.39 is 0 Å². The number of nitrogens with one attached hydrogen (secondary N) is 1. The molecular formula is C26H28FN3O2S. The maximum Gasteiger partial charge on any atom is 0.322 e. The van der Waals surface area contributed by atoms with Crippen LogP contribution in [-0.4, -0.2) is 34.8 Å². The molecule has 0 spiro atoms. The maximum absolute atomic E-state index is 13.3. The third kappa shape index (κ3) is 7.02. The molecule has 0 unspecified atom stereocenters. The Balaban J connectivity index is 1.75. The van der Waals surface area contributed by atoms with E-state index in [1.165, 1.54) is 17.0 Å². The van der Waals surface area contributed by atoms with E-state index in [-0.39, 0.29) is 30.8 Å². The Hall–Kier alpha value is -3.45. The predicted molar refractivity (Wildman–Crippen MR) is 132 cm³/mol. The summed E-state index contributed by atoms with van der Waals surface area (Å²) >= 11 is 1.58. The quantitative estimate of drug-likeness (QED) is 0.409. The summed E-state index contributed by atoms with van der Waals surface area (Å²) in [5.41, 5.74) is 3.67. The summed E-state index contributed by atoms with van der Waals surface area (Å²) in [6.45, 7) is 8.56. The normalized spacial score (nSPS) is 10.5. The van der Waals surface area contributed by atoms with Crippen LogP contribution in [0.15, 0.2) is 72.6 Å². The lowest BCUT2D eigenvalue weighted by atomic mass is 10.2. The fourth-order valence-electron chi connectivity index (χ4n) is 3.26. The number of amides is 3. The predicted octanol–water partition coefficient (Wildman–Crippen LogP) is 5.75. The average Bonchev–Trinajstić information content (AvgIpc) is 3.20. The van der Waals surface area contributed by atoms with E-state index in [4.69, 9.17) is 0 Å². The molecule has 0 bridgehead atoms. The van der Waals surface area contributed by atoms with Gasteiger partial charge in [-0.05, 0) is 60.7 Å². The number of nitrogens with zero attached hydrogens (tertiary/aromatic N) is 2. The average molecular weight is 466 g/mol. The van der Waals surface area contributed by atoms with E-state index in [1.807, 2.05) is 49.6 Å². The second-order valence-corrected chi connectivity index (χ2v) is 8.87. The molecular weight excluding hydrogens is 437 g/mol. The van der Waals surface area contributed by atoms with E-state index in [2.05, 4.69) is 11.9 Å². The zero-order valence-electron chi connectivity index (χ0n) is 18.9. The first-order valence-corrected chi connectivity index (χ1v) is 11.5. The van der Waals surface area contributed by atoms with Gasteiger partial charge in [0.15, 0.2) is 0 Å². The Morgan fingerprint density at radius 3 is 2.30 bits per heavy atom. The van der Waals surface area contributed by atoms with Crippen molar-refractivity contribution in [2.45, 2.75) is 26.9 Å². The molecule has 0 fully saturated rings. The van der Waals surface area contributed by atoms with Crippen molar-refractivity contribution >= 4 is 29.0 Å². The molecule has 0 saturated carbocycles. The lowest BCUT2D eigenvalue weighted by molar-refractivity contribution is -0.132. The molecule has 3 rings (SSSR count). The first-order valence-electron chi connectivity index (χ1n) is 10.6. The number of carbonyl (C=O) groups excluding carboxylic acids is 2. The first kappa shape index (κ1) is 24.2. The molecule has 0 aliphatic heterocycles. The molecule has 0 aliphatic carbocycles. The number of thiophene rings is 1. The van der Waals surface area contributed by atoms with Crippen molar-refractivity contribution in [2.75, 3.05) is 18.4 Å². The number of hydrogen-bond acceptors (Lipinski definition) is 3. The molecule has 33 heavy (non-hydrogen) atoms. The highest BCUT2D eigenvalue weighted by molar-refractivity contribution is 7.10. The minimum atomic E-state index is -0.374. The molecule has 1 heterocycles. The SMILES string of the molecule is C=CCN(CC(=O)N(Cc1ccc(F)cc1)Cc1sccc1C)C(=O)Nc1ccc(C)cc1. The number of benzene rings is 2. The van der Waals surface area contributed by atoms with Crippen LogP contribution in [0.3, 0.4) is 0 Å². The van der Waals surface area contributed by atoms with Gasteiger partial charge in [0, 0.05) is 23.7 Å². The molecule has 7 heteroatoms. The van der Waals surface area contributed by atoms with Crippen molar-refractivity contribution < 1.29 is 14.0 Å². The summed E-state index contributed by atoms with van der Waals surface area (Å²) < 4.78 is 13.3. The van der Waals surface area contributed by atoms with Gasteiger partial charge >= 0.3 is 6.03 Å². The van der Waals surface area contributed by atoms with Crippen LogP contribution in [0.2, 0.25) is 0 Å². The van der Waals surface area contributed by atoms with Crippen molar-refractivity contribution in [3.63, 3.8) is 0 Å². The number of hydrogen-bond donors (Lipinski definition) is 1. The van der Waals surface area contributed by atoms with Crippen LogP contribution in [0.5, 0.6) is 0 Å². The molecule has 1 aromatic heterocycles. The van der Waals surface area contributed by atoms with Crippen LogP contribution in [0, 0.1) is 19.7 Å². The molecule has 172 valence electrons. The summed E-state index contributed by atoms with van der Waals surface area (Å²) in [7, 11) is 0. The molecule has 3 aromatic rings. The highest BCUT2D eigenvalue weighted by Gasteiger charge is 2.22. The van der Waals surface area contributed by atoms with Crippen LogP contribution in [0.4, 0.5) is 14.9 Å². The van der Waals surface area contributed by atoms with Crippen LogP contribution < -0.4 is 5.32 Å². The van der Waals surface area contributed by atoms with Crippen molar-refractivity contribution in [2.24, 2.45) is 0 Å². The zero-order valence-corrected chi connectivity index (χ0v) is 19.7. The van der Waals surface area contributed by atoms with Crippen LogP contribution in [0.25, 0.3) is 0 Å². The Morgan fingerprint density at radius 1 is 1.00 bits per heavy atom. The molecule has 0 atom stereocenters. The zero-order chi connectivity index (χ0) is 23.8. The van der Waals surface area contributed by atoms with Gasteiger partial charge in [-0.3, -0.25) is 4.79 Å². The van der Waals surface area contributed by atoms with Crippen molar-refractivity contribution in [1.82, 2.24) is 9.80 Å². The minimum Gasteiger partial charge on any atom is -0.332 e. The van der Waals surface area contributed by atoms with Crippen LogP contribution in [0.1, 0.15) is 21.6 Å². The lowest BCUT2D eigenvalue weighted by Gasteiger charge is -2.27. The van der Waals surface area contributed by atoms with Gasteiger partial charge in [-0.15, -0.1) is 17.9 Å². The van der Waals surface area contributed by atoms with Crippen molar-refractivity contribution in [1.29, 1.82) is 0 Å². The molecule has 0 radical (unpaired) electrons. The summed E-state index contributed by atoms with van der Waals surface area (Å²) in [6.07, 6.45) is 1.59. The Labute approximate surface area is 198 Å². The number of aryl methyl sites for hydroxylation is 2. The number of halogens is 1. The van der Waals surface area contributed by atoms with Crippen molar-refractivity contribution in [3.05, 3.63) is 100 Å². The van der Waals surface area contributed by atoms with E-state index in [1.54, 1.807) is 34.4 Å². The van der Waals surface area contributed by atoms with E-state index >= 15 is 0 Å². The van der Waals surface area contributed by atoms with E-state index in [0.717, 1.165) is 21.6 Å². The highest BCUT2D eigenvalue weighted by atomic mass is 32.1. The van der Waals surface area contributed by atoms with Gasteiger partial charge in [-0.2, -0.15) is 0 Å². The fraction of sp³-hybridized carbons (Fsp3) is 0.231. The van der Waals surface area contributed by atoms with Gasteiger partial charge in [0.2, 0.25) is 5.91 Å². The Morgan fingerprint density at radius 2 is 1.70 bits per heavy atom. The largest absolute Gasteiger partial charge is 0.332 e. The number of anilines is 1. The van der Waals surface area contributed by atoms with Gasteiger partial charge in [0.05, 0.1) is 6.54 Å². The van der Waals surface area contributed by atoms with Gasteiger partial charge < -0.3 is 15.1 Å². The highest BCUT2D eigenvalue weighted by Crippen LogP contribution is 2.20. The van der Waals surface area contributed by atoms with Crippen LogP contribution >= 0.6 is 11.3 Å². The van der Waals surface area contributed by atoms with Gasteiger partial charge in [-0.25, -0.2) is 9.18 Å². The van der Waals surface area contributed by atoms with E-state index in [9.17, 15) is 14.0 Å². The van der Waals surface area contributed by atoms with Crippen LogP contribution in [-0.2, 0) is 17.9 Å². The molecule has 0 aliphatic rings. The Kier molecular flexibility index (Phi) is 8.38. The standard InChI is InChI=1S/C26H28FN3O2S/c1-4-14-29(26(32)28-23-11-5-19(2)6-12-23)18-25(31)30(17-24-20(3)13-15-33-24)16-21-7-9-22(27)10-8-21/h4-13,15H,1,14,16-18H2,2-3H3,(H,28,32). The number of urea groups is 1. The monoisotopic (exact) mass is 465 g/mol. The number of rotatable bonds is 9. The number of carbonyl (C=O) groups is 2. The first-order chi connectivity index (χ1) is 15.9. The Bertz CT molecular complexity index is 1090. The third-order valence-corrected chi connectivity index (χ3v) is 6.22. The molecule has 0 saturated heterocycles. The summed E-state index contributed by atoms with van der Waals surface area (Å²) in [4.78, 5) is 30.4. The van der Waals surface area contributed by atoms with Gasteiger partial charge in [-0.1, -0.05) is 35.9 Å². The molecule has 3 amide bonds. The molecule has 1 N–H and O–H groups in total. The summed E-state index contributed by atoms with van der Waals surface area (Å²) in [5, 5.41) is 4.83.